The zero-order valence-corrected chi connectivity index (χ0v) is 13.1. The van der Waals surface area contributed by atoms with Crippen LogP contribution in [0.1, 0.15) is 41.8 Å². The number of cyclic esters (lactones) is 1. The van der Waals surface area contributed by atoms with Crippen molar-refractivity contribution in [1.29, 1.82) is 0 Å². The zero-order valence-electron chi connectivity index (χ0n) is 12.2. The number of rotatable bonds is 7. The van der Waals surface area contributed by atoms with Gasteiger partial charge in [-0.15, -0.1) is 4.91 Å². The molecule has 0 radical (unpaired) electrons. The Morgan fingerprint density at radius 3 is 2.82 bits per heavy atom. The summed E-state index contributed by atoms with van der Waals surface area (Å²) in [5.74, 6) is -0.377. The van der Waals surface area contributed by atoms with Gasteiger partial charge in [-0.05, 0) is 25.8 Å². The second kappa shape index (κ2) is 6.66. The summed E-state index contributed by atoms with van der Waals surface area (Å²) in [5, 5.41) is 11.1. The first kappa shape index (κ1) is 16.8. The van der Waals surface area contributed by atoms with Crippen LogP contribution in [-0.2, 0) is 13.8 Å². The molecule has 0 spiro atoms. The lowest BCUT2D eigenvalue weighted by Gasteiger charge is -2.23. The highest BCUT2D eigenvalue weighted by Gasteiger charge is 2.35. The highest BCUT2D eigenvalue weighted by atomic mass is 31.2. The van der Waals surface area contributed by atoms with Crippen LogP contribution >= 0.6 is 7.67 Å². The second-order valence-corrected chi connectivity index (χ2v) is 7.14. The third kappa shape index (κ3) is 3.41. The van der Waals surface area contributed by atoms with Crippen molar-refractivity contribution >= 4 is 13.6 Å². The van der Waals surface area contributed by atoms with E-state index in [0.29, 0.717) is 18.4 Å². The smallest absolute Gasteiger partial charge is 0.542 e. The van der Waals surface area contributed by atoms with Gasteiger partial charge in [0.05, 0.1) is 23.7 Å². The largest absolute Gasteiger partial charge is 0.628 e. The van der Waals surface area contributed by atoms with Gasteiger partial charge < -0.3 is 9.94 Å². The van der Waals surface area contributed by atoms with Crippen LogP contribution in [0, 0.1) is 10.1 Å². The van der Waals surface area contributed by atoms with Crippen LogP contribution in [-0.4, -0.2) is 19.1 Å². The molecule has 1 aromatic rings. The molecule has 0 bridgehead atoms. The van der Waals surface area contributed by atoms with Crippen LogP contribution in [0.4, 0.5) is 0 Å². The number of esters is 1. The third-order valence-electron chi connectivity index (χ3n) is 3.44. The molecule has 3 unspecified atom stereocenters. The first-order valence-electron chi connectivity index (χ1n) is 6.81. The number of hydrogen-bond acceptors (Lipinski definition) is 6. The molecule has 120 valence electrons. The minimum Gasteiger partial charge on any atom is -0.628 e. The lowest BCUT2D eigenvalue weighted by atomic mass is 10.0. The minimum atomic E-state index is -4.14. The van der Waals surface area contributed by atoms with E-state index in [1.807, 2.05) is 12.1 Å². The van der Waals surface area contributed by atoms with Gasteiger partial charge in [0.25, 0.3) is 0 Å². The Hall–Kier alpha value is -1.60. The number of carbonyl (C=O) groups excluding carboxylic acids is 1. The van der Waals surface area contributed by atoms with Gasteiger partial charge in [0.15, 0.2) is 0 Å². The van der Waals surface area contributed by atoms with Gasteiger partial charge in [-0.2, -0.15) is 0 Å². The third-order valence-corrected chi connectivity index (χ3v) is 5.10. The predicted molar refractivity (Wildman–Crippen MR) is 78.0 cm³/mol. The van der Waals surface area contributed by atoms with Gasteiger partial charge in [-0.1, -0.05) is 18.2 Å². The number of ether oxygens (including phenoxy) is 1. The summed E-state index contributed by atoms with van der Waals surface area (Å²) in [4.78, 5) is 23.7. The number of hydroxylamine groups is 1. The van der Waals surface area contributed by atoms with Crippen molar-refractivity contribution in [3.05, 3.63) is 45.5 Å². The van der Waals surface area contributed by atoms with Crippen molar-refractivity contribution in [3.63, 3.8) is 0 Å². The fourth-order valence-electron chi connectivity index (χ4n) is 2.27. The number of fused-ring (bicyclic) bond motifs is 1. The summed E-state index contributed by atoms with van der Waals surface area (Å²) >= 11 is 0. The molecule has 0 saturated heterocycles. The number of nitroso groups, excluding NO2 is 1. The van der Waals surface area contributed by atoms with E-state index in [0.717, 1.165) is 12.6 Å². The molecule has 0 saturated carbocycles. The molecule has 0 fully saturated rings. The monoisotopic (exact) mass is 328 g/mol. The molecule has 1 heterocycles. The Morgan fingerprint density at radius 1 is 1.50 bits per heavy atom. The summed E-state index contributed by atoms with van der Waals surface area (Å²) in [6.07, 6.45) is -0.241. The Labute approximate surface area is 127 Å². The van der Waals surface area contributed by atoms with Crippen LogP contribution in [0.2, 0.25) is 0 Å². The maximum absolute atomic E-state index is 11.8. The van der Waals surface area contributed by atoms with E-state index in [1.54, 1.807) is 19.1 Å². The average Bonchev–Trinajstić information content (AvgIpc) is 2.82. The van der Waals surface area contributed by atoms with Crippen LogP contribution in [0.15, 0.2) is 29.2 Å². The first-order valence-corrected chi connectivity index (χ1v) is 8.39. The van der Waals surface area contributed by atoms with E-state index >= 15 is 0 Å². The SMILES string of the molecule is CC(CC[C@@H]1OC(=O)c2ccccc21)OP(=O)(N=O)[NH+](C)[O-]. The van der Waals surface area contributed by atoms with Gasteiger partial charge in [-0.25, -0.2) is 9.36 Å². The van der Waals surface area contributed by atoms with Crippen molar-refractivity contribution in [2.45, 2.75) is 32.0 Å². The lowest BCUT2D eigenvalue weighted by molar-refractivity contribution is -0.696. The Kier molecular flexibility index (Phi) is 5.08. The van der Waals surface area contributed by atoms with Crippen LogP contribution in [0.25, 0.3) is 0 Å². The van der Waals surface area contributed by atoms with Crippen molar-refractivity contribution in [3.8, 4) is 0 Å². The molecule has 1 aliphatic rings. The second-order valence-electron chi connectivity index (χ2n) is 5.10. The molecule has 1 aromatic carbocycles. The number of nitrogens with zero attached hydrogens (tertiary/aromatic N) is 1. The molecule has 4 atom stereocenters. The molecule has 9 heteroatoms. The maximum atomic E-state index is 11.8. The quantitative estimate of drug-likeness (QED) is 0.355. The Morgan fingerprint density at radius 2 is 2.18 bits per heavy atom. The molecule has 22 heavy (non-hydrogen) atoms. The van der Waals surface area contributed by atoms with E-state index in [-0.39, 0.29) is 5.97 Å². The topological polar surface area (TPSA) is 110 Å². The van der Waals surface area contributed by atoms with Gasteiger partial charge in [0.2, 0.25) is 0 Å². The molecule has 1 N–H and O–H groups in total. The highest BCUT2D eigenvalue weighted by Crippen LogP contribution is 2.41. The van der Waals surface area contributed by atoms with E-state index in [2.05, 4.69) is 4.95 Å². The van der Waals surface area contributed by atoms with Gasteiger partial charge in [0, 0.05) is 5.56 Å². The average molecular weight is 328 g/mol. The molecule has 2 rings (SSSR count). The fourth-order valence-corrected chi connectivity index (χ4v) is 3.16. The lowest BCUT2D eigenvalue weighted by Crippen LogP contribution is -2.98. The van der Waals surface area contributed by atoms with Crippen LogP contribution in [0.3, 0.4) is 0 Å². The van der Waals surface area contributed by atoms with Crippen molar-refractivity contribution < 1.29 is 23.5 Å². The van der Waals surface area contributed by atoms with Crippen molar-refractivity contribution in [2.75, 3.05) is 7.05 Å². The van der Waals surface area contributed by atoms with E-state index in [4.69, 9.17) is 9.26 Å². The van der Waals surface area contributed by atoms with Gasteiger partial charge in [0.1, 0.15) is 6.10 Å². The summed E-state index contributed by atoms with van der Waals surface area (Å²) in [6, 6.07) is 7.07. The first-order chi connectivity index (χ1) is 10.4. The highest BCUT2D eigenvalue weighted by molar-refractivity contribution is 7.50. The van der Waals surface area contributed by atoms with Crippen molar-refractivity contribution in [1.82, 2.24) is 0 Å². The molecule has 0 aliphatic carbocycles. The summed E-state index contributed by atoms with van der Waals surface area (Å²) < 4.78 is 22.1. The Balaban J connectivity index is 1.96. The molecular formula is C13H17N2O6P. The molecular weight excluding hydrogens is 311 g/mol. The number of hydrogen-bond donors (Lipinski definition) is 1. The number of nitrogens with one attached hydrogen (secondary N) is 1. The summed E-state index contributed by atoms with van der Waals surface area (Å²) in [6.45, 7) is 1.59. The summed E-state index contributed by atoms with van der Waals surface area (Å²) in [5.41, 5.74) is 1.33. The van der Waals surface area contributed by atoms with Gasteiger partial charge >= 0.3 is 13.6 Å². The molecule has 0 amide bonds. The molecule has 1 aliphatic heterocycles. The van der Waals surface area contributed by atoms with Crippen LogP contribution in [0.5, 0.6) is 0 Å². The normalized spacial score (nSPS) is 22.3. The van der Waals surface area contributed by atoms with Gasteiger partial charge in [-0.3, -0.25) is 9.36 Å². The number of benzene rings is 1. The van der Waals surface area contributed by atoms with E-state index in [1.165, 1.54) is 0 Å². The van der Waals surface area contributed by atoms with Crippen LogP contribution < -0.4 is 4.83 Å². The van der Waals surface area contributed by atoms with E-state index < -0.39 is 24.7 Å². The predicted octanol–water partition coefficient (Wildman–Crippen LogP) is 1.97. The number of quaternary nitrogens is 1. The number of carbonyl (C=O) groups is 1. The molecule has 8 nitrogen and oxygen atoms in total. The fraction of sp³-hybridized carbons (Fsp3) is 0.462. The summed E-state index contributed by atoms with van der Waals surface area (Å²) in [7, 11) is -3.14. The molecule has 0 aromatic heterocycles. The maximum Gasteiger partial charge on any atom is 0.542 e. The standard InChI is InChI=1S/C13H17N2O6P/c1-9(21-22(19,14-17)15(2)18)7-8-12-10-5-3-4-6-11(10)13(16)20-12/h3-6,9,12,15H,7-8H2,1-2H3/t9?,12-,22?/m0/s1. The van der Waals surface area contributed by atoms with E-state index in [9.17, 15) is 19.5 Å². The zero-order chi connectivity index (χ0) is 16.3. The Bertz CT molecular complexity index is 620. The minimum absolute atomic E-state index is 0.360. The van der Waals surface area contributed by atoms with Crippen molar-refractivity contribution in [2.24, 2.45) is 4.95 Å².